The first-order valence-corrected chi connectivity index (χ1v) is 6.66. The highest BCUT2D eigenvalue weighted by atomic mass is 16.5. The SMILES string of the molecule is CC1CN(Cc2ccc(CN)cc2)CC(C)(C)O1. The Morgan fingerprint density at radius 2 is 1.89 bits per heavy atom. The van der Waals surface area contributed by atoms with Crippen molar-refractivity contribution in [2.45, 2.75) is 45.6 Å². The molecule has 1 fully saturated rings. The zero-order valence-corrected chi connectivity index (χ0v) is 11.6. The summed E-state index contributed by atoms with van der Waals surface area (Å²) in [4.78, 5) is 2.46. The zero-order chi connectivity index (χ0) is 13.2. The minimum absolute atomic E-state index is 0.0468. The minimum Gasteiger partial charge on any atom is -0.370 e. The molecule has 18 heavy (non-hydrogen) atoms. The van der Waals surface area contributed by atoms with Gasteiger partial charge in [-0.05, 0) is 31.9 Å². The van der Waals surface area contributed by atoms with E-state index in [9.17, 15) is 0 Å². The highest BCUT2D eigenvalue weighted by Gasteiger charge is 2.30. The molecule has 1 unspecified atom stereocenters. The molecule has 2 rings (SSSR count). The fourth-order valence-corrected chi connectivity index (χ4v) is 2.75. The molecule has 1 heterocycles. The Balaban J connectivity index is 1.99. The fourth-order valence-electron chi connectivity index (χ4n) is 2.75. The van der Waals surface area contributed by atoms with E-state index in [2.05, 4.69) is 49.9 Å². The van der Waals surface area contributed by atoms with Gasteiger partial charge in [0.15, 0.2) is 0 Å². The van der Waals surface area contributed by atoms with Crippen molar-refractivity contribution < 1.29 is 4.74 Å². The maximum Gasteiger partial charge on any atom is 0.0757 e. The Bertz CT molecular complexity index is 386. The second-order valence-corrected chi connectivity index (χ2v) is 5.88. The zero-order valence-electron chi connectivity index (χ0n) is 11.6. The van der Waals surface area contributed by atoms with Crippen LogP contribution >= 0.6 is 0 Å². The number of nitrogens with zero attached hydrogens (tertiary/aromatic N) is 1. The van der Waals surface area contributed by atoms with Gasteiger partial charge in [0.05, 0.1) is 11.7 Å². The van der Waals surface area contributed by atoms with E-state index in [1.807, 2.05) is 0 Å². The molecular weight excluding hydrogens is 224 g/mol. The molecule has 0 bridgehead atoms. The summed E-state index contributed by atoms with van der Waals surface area (Å²) in [6, 6.07) is 8.58. The molecule has 0 aromatic heterocycles. The van der Waals surface area contributed by atoms with Gasteiger partial charge < -0.3 is 10.5 Å². The molecule has 1 aromatic carbocycles. The minimum atomic E-state index is -0.0468. The topological polar surface area (TPSA) is 38.5 Å². The van der Waals surface area contributed by atoms with E-state index in [0.29, 0.717) is 12.6 Å². The van der Waals surface area contributed by atoms with Crippen molar-refractivity contribution in [3.63, 3.8) is 0 Å². The predicted molar refractivity (Wildman–Crippen MR) is 74.2 cm³/mol. The van der Waals surface area contributed by atoms with Gasteiger partial charge >= 0.3 is 0 Å². The summed E-state index contributed by atoms with van der Waals surface area (Å²) < 4.78 is 5.92. The lowest BCUT2D eigenvalue weighted by Crippen LogP contribution is -2.51. The number of nitrogens with two attached hydrogens (primary N) is 1. The van der Waals surface area contributed by atoms with Gasteiger partial charge in [0.2, 0.25) is 0 Å². The largest absolute Gasteiger partial charge is 0.370 e. The molecular formula is C15H24N2O. The Hall–Kier alpha value is -0.900. The number of hydrogen-bond acceptors (Lipinski definition) is 3. The lowest BCUT2D eigenvalue weighted by molar-refractivity contribution is -0.130. The van der Waals surface area contributed by atoms with Crippen LogP contribution in [0.15, 0.2) is 24.3 Å². The summed E-state index contributed by atoms with van der Waals surface area (Å²) in [5.41, 5.74) is 8.10. The third-order valence-electron chi connectivity index (χ3n) is 3.30. The Labute approximate surface area is 110 Å². The van der Waals surface area contributed by atoms with Crippen molar-refractivity contribution in [1.82, 2.24) is 4.90 Å². The molecule has 1 atom stereocenters. The van der Waals surface area contributed by atoms with Crippen molar-refractivity contribution in [3.05, 3.63) is 35.4 Å². The van der Waals surface area contributed by atoms with Crippen molar-refractivity contribution in [1.29, 1.82) is 0 Å². The van der Waals surface area contributed by atoms with Crippen LogP contribution in [-0.2, 0) is 17.8 Å². The summed E-state index contributed by atoms with van der Waals surface area (Å²) in [7, 11) is 0. The molecule has 0 radical (unpaired) electrons. The molecule has 3 nitrogen and oxygen atoms in total. The monoisotopic (exact) mass is 248 g/mol. The molecule has 2 N–H and O–H groups in total. The van der Waals surface area contributed by atoms with Crippen LogP contribution in [0.2, 0.25) is 0 Å². The van der Waals surface area contributed by atoms with E-state index < -0.39 is 0 Å². The third kappa shape index (κ3) is 3.55. The van der Waals surface area contributed by atoms with E-state index >= 15 is 0 Å². The number of ether oxygens (including phenoxy) is 1. The summed E-state index contributed by atoms with van der Waals surface area (Å²) in [6.07, 6.45) is 0.303. The van der Waals surface area contributed by atoms with Crippen LogP contribution in [0.4, 0.5) is 0 Å². The van der Waals surface area contributed by atoms with Crippen LogP contribution in [0.3, 0.4) is 0 Å². The Morgan fingerprint density at radius 1 is 1.28 bits per heavy atom. The maximum atomic E-state index is 5.92. The molecule has 0 amide bonds. The summed E-state index contributed by atoms with van der Waals surface area (Å²) in [5, 5.41) is 0. The third-order valence-corrected chi connectivity index (χ3v) is 3.30. The van der Waals surface area contributed by atoms with E-state index in [-0.39, 0.29) is 5.60 Å². The van der Waals surface area contributed by atoms with Gasteiger partial charge in [-0.15, -0.1) is 0 Å². The van der Waals surface area contributed by atoms with Crippen LogP contribution in [0.25, 0.3) is 0 Å². The molecule has 100 valence electrons. The first kappa shape index (κ1) is 13.5. The van der Waals surface area contributed by atoms with Gasteiger partial charge in [0.25, 0.3) is 0 Å². The standard InChI is InChI=1S/C15H24N2O/c1-12-9-17(11-15(2,3)18-12)10-14-6-4-13(8-16)5-7-14/h4-7,12H,8-11,16H2,1-3H3. The molecule has 1 aliphatic rings. The second kappa shape index (κ2) is 5.39. The van der Waals surface area contributed by atoms with Crippen LogP contribution in [0.5, 0.6) is 0 Å². The first-order valence-electron chi connectivity index (χ1n) is 6.66. The molecule has 1 aromatic rings. The van der Waals surface area contributed by atoms with Gasteiger partial charge in [-0.3, -0.25) is 4.90 Å². The quantitative estimate of drug-likeness (QED) is 0.890. The molecule has 0 saturated carbocycles. The Kier molecular flexibility index (Phi) is 4.05. The molecule has 0 spiro atoms. The van der Waals surface area contributed by atoms with Crippen molar-refractivity contribution in [2.24, 2.45) is 5.73 Å². The second-order valence-electron chi connectivity index (χ2n) is 5.88. The summed E-state index contributed by atoms with van der Waals surface area (Å²) >= 11 is 0. The molecule has 3 heteroatoms. The number of benzene rings is 1. The lowest BCUT2D eigenvalue weighted by atomic mass is 10.0. The lowest BCUT2D eigenvalue weighted by Gasteiger charge is -2.41. The fraction of sp³-hybridized carbons (Fsp3) is 0.600. The Morgan fingerprint density at radius 3 is 2.44 bits per heavy atom. The number of morpholine rings is 1. The average molecular weight is 248 g/mol. The molecule has 1 aliphatic heterocycles. The summed E-state index contributed by atoms with van der Waals surface area (Å²) in [5.74, 6) is 0. The van der Waals surface area contributed by atoms with Gasteiger partial charge in [-0.25, -0.2) is 0 Å². The van der Waals surface area contributed by atoms with E-state index in [1.165, 1.54) is 11.1 Å². The summed E-state index contributed by atoms with van der Waals surface area (Å²) in [6.45, 7) is 10.0. The van der Waals surface area contributed by atoms with Crippen LogP contribution in [0.1, 0.15) is 31.9 Å². The molecule has 1 saturated heterocycles. The van der Waals surface area contributed by atoms with E-state index in [1.54, 1.807) is 0 Å². The van der Waals surface area contributed by atoms with E-state index in [0.717, 1.165) is 19.6 Å². The van der Waals surface area contributed by atoms with Gasteiger partial charge in [-0.1, -0.05) is 24.3 Å². The van der Waals surface area contributed by atoms with Crippen molar-refractivity contribution >= 4 is 0 Å². The van der Waals surface area contributed by atoms with Gasteiger partial charge in [0, 0.05) is 26.2 Å². The first-order chi connectivity index (χ1) is 8.48. The predicted octanol–water partition coefficient (Wildman–Crippen LogP) is 2.14. The van der Waals surface area contributed by atoms with Crippen molar-refractivity contribution in [2.75, 3.05) is 13.1 Å². The average Bonchev–Trinajstić information content (AvgIpc) is 2.27. The number of hydrogen-bond donors (Lipinski definition) is 1. The van der Waals surface area contributed by atoms with E-state index in [4.69, 9.17) is 10.5 Å². The molecule has 0 aliphatic carbocycles. The smallest absolute Gasteiger partial charge is 0.0757 e. The normalized spacial score (nSPS) is 24.1. The van der Waals surface area contributed by atoms with Crippen LogP contribution in [0, 0.1) is 0 Å². The number of rotatable bonds is 3. The van der Waals surface area contributed by atoms with Crippen molar-refractivity contribution in [3.8, 4) is 0 Å². The van der Waals surface area contributed by atoms with Gasteiger partial charge in [0.1, 0.15) is 0 Å². The van der Waals surface area contributed by atoms with Crippen LogP contribution in [-0.4, -0.2) is 29.7 Å². The maximum absolute atomic E-state index is 5.92. The highest BCUT2D eigenvalue weighted by molar-refractivity contribution is 5.22. The van der Waals surface area contributed by atoms with Crippen LogP contribution < -0.4 is 5.73 Å². The van der Waals surface area contributed by atoms with Gasteiger partial charge in [-0.2, -0.15) is 0 Å². The highest BCUT2D eigenvalue weighted by Crippen LogP contribution is 2.22.